The molecule has 0 aromatic heterocycles. The van der Waals surface area contributed by atoms with Crippen molar-refractivity contribution in [2.45, 2.75) is 26.8 Å². The van der Waals surface area contributed by atoms with Crippen molar-refractivity contribution in [2.24, 2.45) is 5.73 Å². The molecule has 0 heterocycles. The van der Waals surface area contributed by atoms with Crippen LogP contribution in [0.15, 0.2) is 42.5 Å². The highest BCUT2D eigenvalue weighted by atomic mass is 16.5. The summed E-state index contributed by atoms with van der Waals surface area (Å²) in [6.45, 7) is 6.76. The maximum atomic E-state index is 12.4. The van der Waals surface area contributed by atoms with E-state index in [-0.39, 0.29) is 11.9 Å². The lowest BCUT2D eigenvalue weighted by atomic mass is 10.1. The predicted octanol–water partition coefficient (Wildman–Crippen LogP) is 3.76. The van der Waals surface area contributed by atoms with Crippen LogP contribution in [0.25, 0.3) is 0 Å². The van der Waals surface area contributed by atoms with Gasteiger partial charge in [0.1, 0.15) is 0 Å². The minimum Gasteiger partial charge on any atom is -0.490 e. The molecule has 0 saturated heterocycles. The van der Waals surface area contributed by atoms with Crippen LogP contribution in [0.2, 0.25) is 0 Å². The third-order valence-corrected chi connectivity index (χ3v) is 3.50. The highest BCUT2D eigenvalue weighted by Crippen LogP contribution is 2.29. The number of anilines is 1. The molecule has 0 aliphatic heterocycles. The summed E-state index contributed by atoms with van der Waals surface area (Å²) in [6.07, 6.45) is 0. The van der Waals surface area contributed by atoms with Gasteiger partial charge < -0.3 is 20.5 Å². The molecule has 0 saturated carbocycles. The van der Waals surface area contributed by atoms with Gasteiger partial charge in [0, 0.05) is 17.3 Å². The summed E-state index contributed by atoms with van der Waals surface area (Å²) in [5.74, 6) is 1.00. The van der Waals surface area contributed by atoms with Crippen LogP contribution in [0.3, 0.4) is 0 Å². The largest absolute Gasteiger partial charge is 0.490 e. The van der Waals surface area contributed by atoms with Gasteiger partial charge in [0.2, 0.25) is 0 Å². The molecule has 128 valence electrons. The van der Waals surface area contributed by atoms with Crippen molar-refractivity contribution in [3.63, 3.8) is 0 Å². The van der Waals surface area contributed by atoms with Crippen LogP contribution in [0.5, 0.6) is 11.5 Å². The van der Waals surface area contributed by atoms with Gasteiger partial charge in [0.05, 0.1) is 13.2 Å². The lowest BCUT2D eigenvalue weighted by Gasteiger charge is -2.13. The van der Waals surface area contributed by atoms with Crippen LogP contribution in [-0.4, -0.2) is 19.1 Å². The SMILES string of the molecule is CCOc1ccc(C(=O)Nc2ccc(C(C)N)cc2)cc1OCC. The Morgan fingerprint density at radius 3 is 2.25 bits per heavy atom. The average Bonchev–Trinajstić information content (AvgIpc) is 2.57. The van der Waals surface area contributed by atoms with Gasteiger partial charge in [-0.15, -0.1) is 0 Å². The number of amides is 1. The van der Waals surface area contributed by atoms with Crippen LogP contribution in [0.1, 0.15) is 42.7 Å². The molecule has 2 rings (SSSR count). The molecule has 1 amide bonds. The van der Waals surface area contributed by atoms with Gasteiger partial charge in [-0.2, -0.15) is 0 Å². The molecule has 0 radical (unpaired) electrons. The van der Waals surface area contributed by atoms with E-state index < -0.39 is 0 Å². The van der Waals surface area contributed by atoms with Gasteiger partial charge in [0.25, 0.3) is 5.91 Å². The molecular formula is C19H24N2O3. The number of rotatable bonds is 7. The first-order valence-electron chi connectivity index (χ1n) is 8.11. The molecule has 2 aromatic rings. The van der Waals surface area contributed by atoms with E-state index in [1.807, 2.05) is 45.0 Å². The summed E-state index contributed by atoms with van der Waals surface area (Å²) < 4.78 is 11.1. The van der Waals surface area contributed by atoms with Crippen molar-refractivity contribution >= 4 is 11.6 Å². The number of benzene rings is 2. The summed E-state index contributed by atoms with van der Waals surface area (Å²) in [7, 11) is 0. The molecule has 0 aliphatic rings. The molecule has 0 bridgehead atoms. The zero-order chi connectivity index (χ0) is 17.5. The third kappa shape index (κ3) is 4.49. The maximum absolute atomic E-state index is 12.4. The molecule has 0 spiro atoms. The third-order valence-electron chi connectivity index (χ3n) is 3.50. The Hall–Kier alpha value is -2.53. The minimum absolute atomic E-state index is 0.0328. The molecular weight excluding hydrogens is 304 g/mol. The molecule has 2 aromatic carbocycles. The molecule has 0 fully saturated rings. The summed E-state index contributed by atoms with van der Waals surface area (Å²) in [6, 6.07) is 12.6. The zero-order valence-corrected chi connectivity index (χ0v) is 14.3. The highest BCUT2D eigenvalue weighted by Gasteiger charge is 2.12. The smallest absolute Gasteiger partial charge is 0.255 e. The summed E-state index contributed by atoms with van der Waals surface area (Å²) in [4.78, 5) is 12.4. The standard InChI is InChI=1S/C19H24N2O3/c1-4-23-17-11-8-15(12-18(17)24-5-2)19(22)21-16-9-6-14(7-10-16)13(3)20/h6-13H,4-5,20H2,1-3H3,(H,21,22). The second-order valence-electron chi connectivity index (χ2n) is 5.39. The number of hydrogen-bond donors (Lipinski definition) is 2. The Morgan fingerprint density at radius 2 is 1.67 bits per heavy atom. The van der Waals surface area contributed by atoms with E-state index in [1.165, 1.54) is 0 Å². The van der Waals surface area contributed by atoms with Crippen molar-refractivity contribution in [1.82, 2.24) is 0 Å². The summed E-state index contributed by atoms with van der Waals surface area (Å²) in [5.41, 5.74) is 8.08. The van der Waals surface area contributed by atoms with E-state index in [9.17, 15) is 4.79 Å². The maximum Gasteiger partial charge on any atom is 0.255 e. The quantitative estimate of drug-likeness (QED) is 0.811. The fraction of sp³-hybridized carbons (Fsp3) is 0.316. The second kappa shape index (κ2) is 8.36. The van der Waals surface area contributed by atoms with Crippen molar-refractivity contribution in [3.05, 3.63) is 53.6 Å². The second-order valence-corrected chi connectivity index (χ2v) is 5.39. The number of carbonyl (C=O) groups is 1. The number of nitrogens with one attached hydrogen (secondary N) is 1. The van der Waals surface area contributed by atoms with E-state index in [4.69, 9.17) is 15.2 Å². The molecule has 1 unspecified atom stereocenters. The molecule has 24 heavy (non-hydrogen) atoms. The van der Waals surface area contributed by atoms with Crippen molar-refractivity contribution < 1.29 is 14.3 Å². The number of carbonyl (C=O) groups excluding carboxylic acids is 1. The van der Waals surface area contributed by atoms with E-state index in [1.54, 1.807) is 18.2 Å². The molecule has 3 N–H and O–H groups in total. The monoisotopic (exact) mass is 328 g/mol. The zero-order valence-electron chi connectivity index (χ0n) is 14.3. The number of ether oxygens (including phenoxy) is 2. The Labute approximate surface area is 142 Å². The normalized spacial score (nSPS) is 11.7. The lowest BCUT2D eigenvalue weighted by molar-refractivity contribution is 0.102. The van der Waals surface area contributed by atoms with E-state index >= 15 is 0 Å². The van der Waals surface area contributed by atoms with Crippen molar-refractivity contribution in [2.75, 3.05) is 18.5 Å². The van der Waals surface area contributed by atoms with Crippen LogP contribution >= 0.6 is 0 Å². The molecule has 0 aliphatic carbocycles. The van der Waals surface area contributed by atoms with Gasteiger partial charge in [0.15, 0.2) is 11.5 Å². The van der Waals surface area contributed by atoms with Crippen molar-refractivity contribution in [3.8, 4) is 11.5 Å². The molecule has 1 atom stereocenters. The number of hydrogen-bond acceptors (Lipinski definition) is 4. The Balaban J connectivity index is 2.15. The van der Waals surface area contributed by atoms with Crippen LogP contribution in [0.4, 0.5) is 5.69 Å². The summed E-state index contributed by atoms with van der Waals surface area (Å²) >= 11 is 0. The van der Waals surface area contributed by atoms with E-state index in [2.05, 4.69) is 5.32 Å². The van der Waals surface area contributed by atoms with Crippen LogP contribution in [-0.2, 0) is 0 Å². The Morgan fingerprint density at radius 1 is 1.04 bits per heavy atom. The summed E-state index contributed by atoms with van der Waals surface area (Å²) in [5, 5.41) is 2.87. The van der Waals surface area contributed by atoms with Crippen LogP contribution in [0, 0.1) is 0 Å². The van der Waals surface area contributed by atoms with Gasteiger partial charge >= 0.3 is 0 Å². The van der Waals surface area contributed by atoms with Crippen LogP contribution < -0.4 is 20.5 Å². The topological polar surface area (TPSA) is 73.6 Å². The van der Waals surface area contributed by atoms with E-state index in [0.29, 0.717) is 30.3 Å². The van der Waals surface area contributed by atoms with Gasteiger partial charge in [-0.05, 0) is 56.7 Å². The highest BCUT2D eigenvalue weighted by molar-refractivity contribution is 6.04. The Bertz CT molecular complexity index is 682. The fourth-order valence-electron chi connectivity index (χ4n) is 2.27. The van der Waals surface area contributed by atoms with Gasteiger partial charge in [-0.1, -0.05) is 12.1 Å². The number of nitrogens with two attached hydrogens (primary N) is 1. The predicted molar refractivity (Wildman–Crippen MR) is 95.8 cm³/mol. The lowest BCUT2D eigenvalue weighted by Crippen LogP contribution is -2.13. The van der Waals surface area contributed by atoms with Gasteiger partial charge in [-0.3, -0.25) is 4.79 Å². The fourth-order valence-corrected chi connectivity index (χ4v) is 2.27. The van der Waals surface area contributed by atoms with Crippen molar-refractivity contribution in [1.29, 1.82) is 0 Å². The first-order valence-corrected chi connectivity index (χ1v) is 8.11. The Kier molecular flexibility index (Phi) is 6.21. The molecule has 5 nitrogen and oxygen atoms in total. The first kappa shape index (κ1) is 17.8. The molecule has 5 heteroatoms. The minimum atomic E-state index is -0.201. The average molecular weight is 328 g/mol. The first-order chi connectivity index (χ1) is 11.5. The van der Waals surface area contributed by atoms with Gasteiger partial charge in [-0.25, -0.2) is 0 Å². The van der Waals surface area contributed by atoms with E-state index in [0.717, 1.165) is 11.3 Å².